The van der Waals surface area contributed by atoms with Crippen LogP contribution in [0.25, 0.3) is 5.82 Å². The fraction of sp³-hybridized carbons (Fsp3) is 0.400. The van der Waals surface area contributed by atoms with E-state index in [0.717, 1.165) is 23.9 Å². The Balaban J connectivity index is 1.63. The average molecular weight is 284 g/mol. The minimum absolute atomic E-state index is 0.601. The molecule has 0 spiro atoms. The van der Waals surface area contributed by atoms with Gasteiger partial charge in [-0.3, -0.25) is 4.57 Å². The van der Waals surface area contributed by atoms with Gasteiger partial charge in [0.1, 0.15) is 12.1 Å². The maximum Gasteiger partial charge on any atom is 0.191 e. The summed E-state index contributed by atoms with van der Waals surface area (Å²) < 4.78 is 1.88. The summed E-state index contributed by atoms with van der Waals surface area (Å²) in [5, 5.41) is 6.67. The Morgan fingerprint density at radius 3 is 2.95 bits per heavy atom. The summed E-state index contributed by atoms with van der Waals surface area (Å²) in [4.78, 5) is 13.0. The van der Waals surface area contributed by atoms with Gasteiger partial charge in [0.2, 0.25) is 0 Å². The molecule has 6 heteroatoms. The van der Waals surface area contributed by atoms with Crippen LogP contribution in [-0.4, -0.2) is 33.1 Å². The first kappa shape index (κ1) is 13.6. The number of hydrogen-bond acceptors (Lipinski definition) is 3. The molecule has 6 nitrogen and oxygen atoms in total. The van der Waals surface area contributed by atoms with Crippen LogP contribution in [0.4, 0.5) is 0 Å². The first-order valence-electron chi connectivity index (χ1n) is 7.33. The number of imidazole rings is 1. The lowest BCUT2D eigenvalue weighted by Crippen LogP contribution is -2.38. The predicted octanol–water partition coefficient (Wildman–Crippen LogP) is 1.48. The monoisotopic (exact) mass is 284 g/mol. The van der Waals surface area contributed by atoms with Gasteiger partial charge in [-0.1, -0.05) is 6.07 Å². The van der Waals surface area contributed by atoms with Crippen molar-refractivity contribution in [2.75, 3.05) is 6.54 Å². The zero-order valence-electron chi connectivity index (χ0n) is 12.2. The first-order valence-corrected chi connectivity index (χ1v) is 7.33. The summed E-state index contributed by atoms with van der Waals surface area (Å²) in [6, 6.07) is 4.63. The fourth-order valence-electron chi connectivity index (χ4n) is 1.97. The molecule has 0 aliphatic heterocycles. The maximum atomic E-state index is 4.59. The third-order valence-electron chi connectivity index (χ3n) is 3.26. The zero-order chi connectivity index (χ0) is 14.5. The normalized spacial score (nSPS) is 15.0. The van der Waals surface area contributed by atoms with Gasteiger partial charge in [-0.15, -0.1) is 0 Å². The Hall–Kier alpha value is -2.37. The minimum atomic E-state index is 0.601. The lowest BCUT2D eigenvalue weighted by atomic mass is 10.3. The Labute approximate surface area is 124 Å². The van der Waals surface area contributed by atoms with Crippen molar-refractivity contribution in [3.8, 4) is 5.82 Å². The highest BCUT2D eigenvalue weighted by atomic mass is 15.2. The molecule has 3 rings (SSSR count). The van der Waals surface area contributed by atoms with E-state index in [2.05, 4.69) is 32.5 Å². The third-order valence-corrected chi connectivity index (χ3v) is 3.26. The molecule has 0 aromatic carbocycles. The number of rotatable bonds is 5. The number of aromatic nitrogens is 3. The largest absolute Gasteiger partial charge is 0.357 e. The van der Waals surface area contributed by atoms with Crippen LogP contribution in [0.15, 0.2) is 42.0 Å². The van der Waals surface area contributed by atoms with Crippen molar-refractivity contribution in [1.29, 1.82) is 0 Å². The summed E-state index contributed by atoms with van der Waals surface area (Å²) in [5.41, 5.74) is 1.09. The van der Waals surface area contributed by atoms with Crippen LogP contribution in [0.1, 0.15) is 25.3 Å². The lowest BCUT2D eigenvalue weighted by molar-refractivity contribution is 0.811. The van der Waals surface area contributed by atoms with E-state index in [1.807, 2.05) is 29.1 Å². The van der Waals surface area contributed by atoms with Gasteiger partial charge < -0.3 is 10.6 Å². The molecule has 0 atom stereocenters. The second-order valence-corrected chi connectivity index (χ2v) is 5.11. The summed E-state index contributed by atoms with van der Waals surface area (Å²) in [6.45, 7) is 3.57. The summed E-state index contributed by atoms with van der Waals surface area (Å²) in [6.07, 6.45) is 9.70. The van der Waals surface area contributed by atoms with Gasteiger partial charge in [0, 0.05) is 31.2 Å². The van der Waals surface area contributed by atoms with Crippen molar-refractivity contribution in [3.05, 3.63) is 42.6 Å². The van der Waals surface area contributed by atoms with E-state index in [1.165, 1.54) is 12.8 Å². The standard InChI is InChI=1S/C15H20N6/c1-2-17-15(20-13-4-5-13)19-10-12-3-6-14(18-9-12)21-8-7-16-11-21/h3,6-9,11,13H,2,4-5,10H2,1H3,(H2,17,19,20). The molecule has 0 saturated heterocycles. The molecule has 110 valence electrons. The number of aliphatic imine (C=N–C) groups is 1. The molecule has 1 aliphatic carbocycles. The van der Waals surface area contributed by atoms with Crippen LogP contribution in [0.3, 0.4) is 0 Å². The van der Waals surface area contributed by atoms with E-state index in [9.17, 15) is 0 Å². The van der Waals surface area contributed by atoms with Crippen LogP contribution in [0, 0.1) is 0 Å². The van der Waals surface area contributed by atoms with Crippen molar-refractivity contribution in [3.63, 3.8) is 0 Å². The zero-order valence-corrected chi connectivity index (χ0v) is 12.2. The Kier molecular flexibility index (Phi) is 4.14. The molecule has 1 fully saturated rings. The third kappa shape index (κ3) is 3.81. The van der Waals surface area contributed by atoms with Crippen molar-refractivity contribution >= 4 is 5.96 Å². The number of guanidine groups is 1. The first-order chi connectivity index (χ1) is 10.3. The molecule has 0 amide bonds. The van der Waals surface area contributed by atoms with Crippen molar-refractivity contribution < 1.29 is 0 Å². The molecular weight excluding hydrogens is 264 g/mol. The predicted molar refractivity (Wildman–Crippen MR) is 82.3 cm³/mol. The summed E-state index contributed by atoms with van der Waals surface area (Å²) in [7, 11) is 0. The van der Waals surface area contributed by atoms with Gasteiger partial charge in [-0.05, 0) is 31.4 Å². The van der Waals surface area contributed by atoms with Gasteiger partial charge in [-0.25, -0.2) is 15.0 Å². The van der Waals surface area contributed by atoms with E-state index in [0.29, 0.717) is 12.6 Å². The van der Waals surface area contributed by atoms with E-state index in [1.54, 1.807) is 12.5 Å². The molecule has 2 aromatic heterocycles. The Morgan fingerprint density at radius 1 is 1.43 bits per heavy atom. The highest BCUT2D eigenvalue weighted by molar-refractivity contribution is 5.80. The van der Waals surface area contributed by atoms with E-state index >= 15 is 0 Å². The molecule has 2 aromatic rings. The van der Waals surface area contributed by atoms with Gasteiger partial charge in [0.15, 0.2) is 5.96 Å². The van der Waals surface area contributed by atoms with E-state index in [-0.39, 0.29) is 0 Å². The number of hydrogen-bond donors (Lipinski definition) is 2. The topological polar surface area (TPSA) is 67.1 Å². The molecule has 0 radical (unpaired) electrons. The Morgan fingerprint density at radius 2 is 2.33 bits per heavy atom. The number of nitrogens with one attached hydrogen (secondary N) is 2. The number of nitrogens with zero attached hydrogens (tertiary/aromatic N) is 4. The molecule has 21 heavy (non-hydrogen) atoms. The molecule has 0 unspecified atom stereocenters. The Bertz CT molecular complexity index is 583. The van der Waals surface area contributed by atoms with E-state index in [4.69, 9.17) is 0 Å². The number of pyridine rings is 1. The molecule has 0 bridgehead atoms. The second-order valence-electron chi connectivity index (χ2n) is 5.11. The quantitative estimate of drug-likeness (QED) is 0.645. The van der Waals surface area contributed by atoms with Crippen LogP contribution < -0.4 is 10.6 Å². The fourth-order valence-corrected chi connectivity index (χ4v) is 1.97. The van der Waals surface area contributed by atoms with Crippen molar-refractivity contribution in [2.24, 2.45) is 4.99 Å². The second kappa shape index (κ2) is 6.39. The molecule has 1 saturated carbocycles. The summed E-state index contributed by atoms with van der Waals surface area (Å²) in [5.74, 6) is 1.75. The van der Waals surface area contributed by atoms with E-state index < -0.39 is 0 Å². The molecule has 2 heterocycles. The van der Waals surface area contributed by atoms with Crippen LogP contribution in [0.5, 0.6) is 0 Å². The maximum absolute atomic E-state index is 4.59. The van der Waals surface area contributed by atoms with Crippen LogP contribution in [-0.2, 0) is 6.54 Å². The van der Waals surface area contributed by atoms with Gasteiger partial charge in [0.25, 0.3) is 0 Å². The SMILES string of the molecule is CCNC(=NCc1ccc(-n2ccnc2)nc1)NC1CC1. The van der Waals surface area contributed by atoms with Gasteiger partial charge in [-0.2, -0.15) is 0 Å². The highest BCUT2D eigenvalue weighted by Crippen LogP contribution is 2.18. The smallest absolute Gasteiger partial charge is 0.191 e. The van der Waals surface area contributed by atoms with Gasteiger partial charge in [0.05, 0.1) is 6.54 Å². The lowest BCUT2D eigenvalue weighted by Gasteiger charge is -2.10. The molecule has 2 N–H and O–H groups in total. The van der Waals surface area contributed by atoms with Crippen molar-refractivity contribution in [2.45, 2.75) is 32.4 Å². The van der Waals surface area contributed by atoms with Crippen molar-refractivity contribution in [1.82, 2.24) is 25.2 Å². The minimum Gasteiger partial charge on any atom is -0.357 e. The average Bonchev–Trinajstić information content (AvgIpc) is 3.16. The van der Waals surface area contributed by atoms with Crippen LogP contribution in [0.2, 0.25) is 0 Å². The van der Waals surface area contributed by atoms with Gasteiger partial charge >= 0.3 is 0 Å². The summed E-state index contributed by atoms with van der Waals surface area (Å²) >= 11 is 0. The highest BCUT2D eigenvalue weighted by Gasteiger charge is 2.21. The molecular formula is C15H20N6. The van der Waals surface area contributed by atoms with Crippen LogP contribution >= 0.6 is 0 Å². The molecule has 1 aliphatic rings.